The summed E-state index contributed by atoms with van der Waals surface area (Å²) in [4.78, 5) is 26.5. The van der Waals surface area contributed by atoms with Gasteiger partial charge in [-0.25, -0.2) is 0 Å². The number of unbranched alkanes of at least 4 members (excludes halogenated alkanes) is 33. The SMILES string of the molecule is CCCCCCCC/C=C/CCCCCCCCCC(=O)OC1C(OCC(NC(=O)C(O)CCCC/C=C\CCCCCCCCC)C(O)/C=C/CCCCCCCCCCCCC)OC(CO)C(O)C1O. The van der Waals surface area contributed by atoms with Gasteiger partial charge in [-0.3, -0.25) is 9.59 Å². The summed E-state index contributed by atoms with van der Waals surface area (Å²) in [6.45, 7) is 5.77. The zero-order chi connectivity index (χ0) is 52.5. The first-order valence-corrected chi connectivity index (χ1v) is 30.3. The number of hydrogen-bond donors (Lipinski definition) is 6. The van der Waals surface area contributed by atoms with E-state index in [0.717, 1.165) is 70.6 Å². The maximum Gasteiger partial charge on any atom is 0.306 e. The zero-order valence-electron chi connectivity index (χ0n) is 46.6. The highest BCUT2D eigenvalue weighted by Crippen LogP contribution is 2.26. The maximum atomic E-state index is 13.4. The van der Waals surface area contributed by atoms with Gasteiger partial charge >= 0.3 is 5.97 Å². The molecule has 0 bridgehead atoms. The van der Waals surface area contributed by atoms with E-state index in [0.29, 0.717) is 12.8 Å². The Balaban J connectivity index is 2.72. The number of aliphatic hydroxyl groups excluding tert-OH is 5. The van der Waals surface area contributed by atoms with E-state index in [1.807, 2.05) is 6.08 Å². The van der Waals surface area contributed by atoms with Crippen LogP contribution >= 0.6 is 0 Å². The normalized spacial score (nSPS) is 19.7. The molecular weight excluding hydrogens is 907 g/mol. The Morgan fingerprint density at radius 3 is 1.35 bits per heavy atom. The molecular formula is C61H113NO10. The Kier molecular flexibility index (Phi) is 46.9. The molecule has 8 unspecified atom stereocenters. The fraction of sp³-hybridized carbons (Fsp3) is 0.869. The Labute approximate surface area is 441 Å². The second kappa shape index (κ2) is 49.7. The zero-order valence-corrected chi connectivity index (χ0v) is 46.6. The molecule has 1 saturated heterocycles. The fourth-order valence-corrected chi connectivity index (χ4v) is 9.41. The molecule has 1 rings (SSSR count). The van der Waals surface area contributed by atoms with Crippen molar-refractivity contribution in [1.82, 2.24) is 5.32 Å². The van der Waals surface area contributed by atoms with Crippen molar-refractivity contribution in [3.05, 3.63) is 36.5 Å². The average Bonchev–Trinajstić information content (AvgIpc) is 3.38. The summed E-state index contributed by atoms with van der Waals surface area (Å²) in [5.41, 5.74) is 0. The van der Waals surface area contributed by atoms with Crippen molar-refractivity contribution in [2.45, 2.75) is 327 Å². The number of rotatable bonds is 51. The Bertz CT molecular complexity index is 1310. The quantitative estimate of drug-likeness (QED) is 0.0195. The number of esters is 1. The van der Waals surface area contributed by atoms with Crippen LogP contribution in [0.4, 0.5) is 0 Å². The highest BCUT2D eigenvalue weighted by atomic mass is 16.7. The number of carbonyl (C=O) groups is 2. The van der Waals surface area contributed by atoms with Crippen LogP contribution in [0.25, 0.3) is 0 Å². The van der Waals surface area contributed by atoms with Crippen molar-refractivity contribution in [2.24, 2.45) is 0 Å². The Hall–Kier alpha value is -2.12. The number of amides is 1. The molecule has 0 radical (unpaired) electrons. The van der Waals surface area contributed by atoms with Gasteiger partial charge in [0.05, 0.1) is 25.4 Å². The van der Waals surface area contributed by atoms with Crippen molar-refractivity contribution < 1.29 is 49.3 Å². The van der Waals surface area contributed by atoms with Crippen molar-refractivity contribution in [3.8, 4) is 0 Å². The molecule has 0 aliphatic carbocycles. The van der Waals surface area contributed by atoms with Crippen molar-refractivity contribution >= 4 is 11.9 Å². The largest absolute Gasteiger partial charge is 0.454 e. The molecule has 0 saturated carbocycles. The van der Waals surface area contributed by atoms with Crippen molar-refractivity contribution in [3.63, 3.8) is 0 Å². The van der Waals surface area contributed by atoms with Crippen molar-refractivity contribution in [2.75, 3.05) is 13.2 Å². The molecule has 422 valence electrons. The summed E-state index contributed by atoms with van der Waals surface area (Å²) in [7, 11) is 0. The van der Waals surface area contributed by atoms with Crippen LogP contribution in [0, 0.1) is 0 Å². The molecule has 0 spiro atoms. The van der Waals surface area contributed by atoms with Crippen LogP contribution in [0.3, 0.4) is 0 Å². The molecule has 11 heteroatoms. The summed E-state index contributed by atoms with van der Waals surface area (Å²) in [5.74, 6) is -1.21. The lowest BCUT2D eigenvalue weighted by atomic mass is 9.99. The summed E-state index contributed by atoms with van der Waals surface area (Å²) < 4.78 is 17.6. The van der Waals surface area contributed by atoms with Crippen LogP contribution in [0.5, 0.6) is 0 Å². The number of nitrogens with one attached hydrogen (secondary N) is 1. The predicted octanol–water partition coefficient (Wildman–Crippen LogP) is 13.9. The number of hydrogen-bond acceptors (Lipinski definition) is 10. The van der Waals surface area contributed by atoms with Crippen LogP contribution in [-0.4, -0.2) is 99.6 Å². The van der Waals surface area contributed by atoms with Gasteiger partial charge in [0.1, 0.15) is 24.4 Å². The van der Waals surface area contributed by atoms with E-state index in [2.05, 4.69) is 50.4 Å². The van der Waals surface area contributed by atoms with Gasteiger partial charge in [0.15, 0.2) is 12.4 Å². The van der Waals surface area contributed by atoms with Gasteiger partial charge in [0.25, 0.3) is 0 Å². The minimum absolute atomic E-state index is 0.119. The molecule has 1 aliphatic heterocycles. The van der Waals surface area contributed by atoms with Gasteiger partial charge in [-0.05, 0) is 77.0 Å². The molecule has 1 heterocycles. The minimum Gasteiger partial charge on any atom is -0.454 e. The summed E-state index contributed by atoms with van der Waals surface area (Å²) in [6.07, 6.45) is 47.5. The lowest BCUT2D eigenvalue weighted by Gasteiger charge is -2.41. The highest BCUT2D eigenvalue weighted by Gasteiger charge is 2.47. The lowest BCUT2D eigenvalue weighted by Crippen LogP contribution is -2.61. The third kappa shape index (κ3) is 37.6. The van der Waals surface area contributed by atoms with Crippen LogP contribution < -0.4 is 5.32 Å². The van der Waals surface area contributed by atoms with E-state index in [1.54, 1.807) is 6.08 Å². The molecule has 1 fully saturated rings. The molecule has 8 atom stereocenters. The summed E-state index contributed by atoms with van der Waals surface area (Å²) >= 11 is 0. The average molecular weight is 1020 g/mol. The first-order chi connectivity index (χ1) is 35.2. The first kappa shape index (κ1) is 67.9. The number of aliphatic hydroxyl groups is 5. The van der Waals surface area contributed by atoms with Gasteiger partial charge in [0.2, 0.25) is 5.91 Å². The van der Waals surface area contributed by atoms with E-state index in [4.69, 9.17) is 14.2 Å². The second-order valence-corrected chi connectivity index (χ2v) is 21.1. The summed E-state index contributed by atoms with van der Waals surface area (Å²) in [5, 5.41) is 56.9. The van der Waals surface area contributed by atoms with E-state index in [1.165, 1.54) is 161 Å². The second-order valence-electron chi connectivity index (χ2n) is 21.1. The van der Waals surface area contributed by atoms with E-state index in [9.17, 15) is 35.1 Å². The van der Waals surface area contributed by atoms with Gasteiger partial charge in [-0.1, -0.05) is 231 Å². The molecule has 6 N–H and O–H groups in total. The fourth-order valence-electron chi connectivity index (χ4n) is 9.41. The molecule has 11 nitrogen and oxygen atoms in total. The molecule has 0 aromatic rings. The van der Waals surface area contributed by atoms with E-state index in [-0.39, 0.29) is 19.4 Å². The topological polar surface area (TPSA) is 175 Å². The smallest absolute Gasteiger partial charge is 0.306 e. The third-order valence-corrected chi connectivity index (χ3v) is 14.3. The van der Waals surface area contributed by atoms with E-state index >= 15 is 0 Å². The van der Waals surface area contributed by atoms with Gasteiger partial charge in [-0.2, -0.15) is 0 Å². The van der Waals surface area contributed by atoms with Crippen LogP contribution in [0.1, 0.15) is 278 Å². The number of ether oxygens (including phenoxy) is 3. The molecule has 1 amide bonds. The van der Waals surface area contributed by atoms with E-state index < -0.39 is 67.4 Å². The minimum atomic E-state index is -1.61. The molecule has 72 heavy (non-hydrogen) atoms. The number of carbonyl (C=O) groups excluding carboxylic acids is 2. The molecule has 0 aromatic carbocycles. The van der Waals surface area contributed by atoms with Crippen molar-refractivity contribution in [1.29, 1.82) is 0 Å². The molecule has 1 aliphatic rings. The first-order valence-electron chi connectivity index (χ1n) is 30.3. The monoisotopic (exact) mass is 1020 g/mol. The lowest BCUT2D eigenvalue weighted by molar-refractivity contribution is -0.305. The van der Waals surface area contributed by atoms with Crippen LogP contribution in [0.2, 0.25) is 0 Å². The van der Waals surface area contributed by atoms with Crippen LogP contribution in [0.15, 0.2) is 36.5 Å². The standard InChI is InChI=1S/C61H113NO10/c1-4-7-10-13-16-19-22-25-26-27-28-31-34-37-40-43-46-49-56(66)72-59-58(68)57(67)55(50-63)71-61(59)70-51-52(53(64)47-44-41-38-35-32-29-23-20-17-14-11-8-5-2)62-60(69)54(65)48-45-42-39-36-33-30-24-21-18-15-12-9-6-3/h25-26,33,36,44,47,52-55,57-59,61,63-65,67-68H,4-24,27-32,34-35,37-43,45-46,48-51H2,1-3H3,(H,62,69)/b26-25+,36-33-,47-44+. The predicted molar refractivity (Wildman–Crippen MR) is 297 cm³/mol. The maximum absolute atomic E-state index is 13.4. The number of allylic oxidation sites excluding steroid dienone is 5. The Morgan fingerprint density at radius 2 is 0.917 bits per heavy atom. The van der Waals surface area contributed by atoms with Gasteiger partial charge < -0.3 is 45.1 Å². The third-order valence-electron chi connectivity index (χ3n) is 14.3. The summed E-state index contributed by atoms with van der Waals surface area (Å²) in [6, 6.07) is -1.03. The van der Waals surface area contributed by atoms with Crippen LogP contribution in [-0.2, 0) is 23.8 Å². The van der Waals surface area contributed by atoms with Gasteiger partial charge in [-0.15, -0.1) is 0 Å². The Morgan fingerprint density at radius 1 is 0.528 bits per heavy atom. The highest BCUT2D eigenvalue weighted by molar-refractivity contribution is 5.80. The molecule has 0 aromatic heterocycles. The van der Waals surface area contributed by atoms with Gasteiger partial charge in [0, 0.05) is 6.42 Å².